The van der Waals surface area contributed by atoms with Crippen LogP contribution in [0.2, 0.25) is 0 Å². The number of aromatic nitrogens is 3. The Morgan fingerprint density at radius 2 is 1.81 bits per heavy atom. The number of nitrogens with one attached hydrogen (secondary N) is 2. The van der Waals surface area contributed by atoms with Gasteiger partial charge in [-0.2, -0.15) is 5.26 Å². The summed E-state index contributed by atoms with van der Waals surface area (Å²) in [5.41, 5.74) is 2.55. The molecule has 0 radical (unpaired) electrons. The van der Waals surface area contributed by atoms with Crippen LogP contribution in [0.1, 0.15) is 43.4 Å². The predicted octanol–water partition coefficient (Wildman–Crippen LogP) is 3.22. The summed E-state index contributed by atoms with van der Waals surface area (Å²) in [5, 5.41) is 15.7. The van der Waals surface area contributed by atoms with Gasteiger partial charge in [0.15, 0.2) is 5.69 Å². The number of rotatable bonds is 4. The lowest BCUT2D eigenvalue weighted by Gasteiger charge is -2.47. The van der Waals surface area contributed by atoms with E-state index in [0.717, 1.165) is 17.1 Å². The van der Waals surface area contributed by atoms with E-state index in [-0.39, 0.29) is 0 Å². The highest BCUT2D eigenvalue weighted by atomic mass is 15.2. The highest BCUT2D eigenvalue weighted by molar-refractivity contribution is 5.61. The molecule has 2 saturated heterocycles. The van der Waals surface area contributed by atoms with E-state index in [9.17, 15) is 0 Å². The first kappa shape index (κ1) is 17.7. The normalized spacial score (nSPS) is 24.9. The van der Waals surface area contributed by atoms with Crippen LogP contribution in [-0.2, 0) is 0 Å². The molecule has 0 aliphatic carbocycles. The second-order valence-electron chi connectivity index (χ2n) is 7.62. The van der Waals surface area contributed by atoms with E-state index < -0.39 is 0 Å². The number of fused-ring (bicyclic) bond motifs is 2. The van der Waals surface area contributed by atoms with E-state index in [1.807, 2.05) is 18.3 Å². The van der Waals surface area contributed by atoms with Crippen LogP contribution in [0.4, 0.5) is 17.3 Å². The average molecular weight is 363 g/mol. The van der Waals surface area contributed by atoms with Crippen molar-refractivity contribution in [1.82, 2.24) is 19.9 Å². The number of nitriles is 1. The molecule has 140 valence electrons. The maximum atomic E-state index is 8.82. The number of hydrogen-bond acceptors (Lipinski definition) is 7. The van der Waals surface area contributed by atoms with Crippen LogP contribution in [0.3, 0.4) is 0 Å². The third-order valence-electron chi connectivity index (χ3n) is 5.83. The molecule has 2 fully saturated rings. The standard InChI is InChI=1S/C20H25N7/c1-13-10-23-19(26-20-12-22-15(9-21)11-24-20)8-18(13)25-14-6-16-4-3-5-17(7-14)27(16)2/h8,10-12,14,16-17H,3-7H2,1-2H3,(H2,23,24,25,26). The van der Waals surface area contributed by atoms with Crippen LogP contribution in [0, 0.1) is 18.3 Å². The van der Waals surface area contributed by atoms with Gasteiger partial charge in [-0.1, -0.05) is 6.42 Å². The molecule has 2 unspecified atom stereocenters. The van der Waals surface area contributed by atoms with E-state index in [1.165, 1.54) is 38.3 Å². The van der Waals surface area contributed by atoms with Crippen molar-refractivity contribution in [3.8, 4) is 6.07 Å². The monoisotopic (exact) mass is 363 g/mol. The zero-order chi connectivity index (χ0) is 18.8. The Kier molecular flexibility index (Phi) is 4.90. The minimum atomic E-state index is 0.299. The Labute approximate surface area is 159 Å². The van der Waals surface area contributed by atoms with Gasteiger partial charge in [-0.15, -0.1) is 0 Å². The molecule has 2 N–H and O–H groups in total. The van der Waals surface area contributed by atoms with Crippen molar-refractivity contribution in [3.63, 3.8) is 0 Å². The summed E-state index contributed by atoms with van der Waals surface area (Å²) in [6.45, 7) is 2.08. The number of hydrogen-bond donors (Lipinski definition) is 2. The van der Waals surface area contributed by atoms with Crippen molar-refractivity contribution in [3.05, 3.63) is 35.9 Å². The molecule has 7 nitrogen and oxygen atoms in total. The van der Waals surface area contributed by atoms with Crippen molar-refractivity contribution in [2.24, 2.45) is 0 Å². The minimum absolute atomic E-state index is 0.299. The second-order valence-corrected chi connectivity index (χ2v) is 7.62. The van der Waals surface area contributed by atoms with Gasteiger partial charge < -0.3 is 15.5 Å². The van der Waals surface area contributed by atoms with Gasteiger partial charge in [0.25, 0.3) is 0 Å². The van der Waals surface area contributed by atoms with Crippen LogP contribution < -0.4 is 10.6 Å². The molecule has 0 spiro atoms. The van der Waals surface area contributed by atoms with E-state index in [1.54, 1.807) is 6.20 Å². The van der Waals surface area contributed by atoms with Gasteiger partial charge in [0.05, 0.1) is 12.4 Å². The summed E-state index contributed by atoms with van der Waals surface area (Å²) in [6.07, 6.45) is 11.2. The summed E-state index contributed by atoms with van der Waals surface area (Å²) in [7, 11) is 2.28. The lowest BCUT2D eigenvalue weighted by atomic mass is 9.82. The highest BCUT2D eigenvalue weighted by Crippen LogP contribution is 2.34. The largest absolute Gasteiger partial charge is 0.382 e. The first-order valence-electron chi connectivity index (χ1n) is 9.56. The fraction of sp³-hybridized carbons (Fsp3) is 0.500. The summed E-state index contributed by atoms with van der Waals surface area (Å²) in [5.74, 6) is 1.29. The molecule has 27 heavy (non-hydrogen) atoms. The van der Waals surface area contributed by atoms with Gasteiger partial charge in [-0.25, -0.2) is 15.0 Å². The van der Waals surface area contributed by atoms with Crippen molar-refractivity contribution in [2.75, 3.05) is 17.7 Å². The first-order chi connectivity index (χ1) is 13.1. The van der Waals surface area contributed by atoms with Crippen LogP contribution in [0.15, 0.2) is 24.7 Å². The Hall–Kier alpha value is -2.72. The molecule has 0 amide bonds. The number of anilines is 3. The summed E-state index contributed by atoms with van der Waals surface area (Å²) >= 11 is 0. The van der Waals surface area contributed by atoms with Crippen LogP contribution in [-0.4, -0.2) is 45.0 Å². The molecule has 7 heteroatoms. The van der Waals surface area contributed by atoms with Crippen LogP contribution >= 0.6 is 0 Å². The molecule has 2 aliphatic heterocycles. The zero-order valence-corrected chi connectivity index (χ0v) is 15.8. The summed E-state index contributed by atoms with van der Waals surface area (Å²) in [4.78, 5) is 15.3. The average Bonchev–Trinajstić information content (AvgIpc) is 2.66. The topological polar surface area (TPSA) is 89.8 Å². The molecule has 0 saturated carbocycles. The lowest BCUT2D eigenvalue weighted by Crippen LogP contribution is -2.52. The van der Waals surface area contributed by atoms with Gasteiger partial charge >= 0.3 is 0 Å². The Balaban J connectivity index is 1.46. The number of pyridine rings is 1. The van der Waals surface area contributed by atoms with Crippen molar-refractivity contribution >= 4 is 17.3 Å². The Bertz CT molecular complexity index is 828. The van der Waals surface area contributed by atoms with Crippen LogP contribution in [0.25, 0.3) is 0 Å². The van der Waals surface area contributed by atoms with Crippen molar-refractivity contribution in [2.45, 2.75) is 57.2 Å². The first-order valence-corrected chi connectivity index (χ1v) is 9.56. The maximum absolute atomic E-state index is 8.82. The number of aryl methyl sites for hydroxylation is 1. The Morgan fingerprint density at radius 1 is 1.07 bits per heavy atom. The zero-order valence-electron chi connectivity index (χ0n) is 15.8. The molecular weight excluding hydrogens is 338 g/mol. The summed E-state index contributed by atoms with van der Waals surface area (Å²) in [6, 6.07) is 5.90. The molecule has 2 aromatic rings. The van der Waals surface area contributed by atoms with Gasteiger partial charge in [-0.3, -0.25) is 0 Å². The predicted molar refractivity (Wildman–Crippen MR) is 105 cm³/mol. The van der Waals surface area contributed by atoms with Gasteiger partial charge in [-0.05, 0) is 45.2 Å². The van der Waals surface area contributed by atoms with Crippen molar-refractivity contribution < 1.29 is 0 Å². The van der Waals surface area contributed by atoms with E-state index in [0.29, 0.717) is 29.6 Å². The van der Waals surface area contributed by atoms with Crippen LogP contribution in [0.5, 0.6) is 0 Å². The molecule has 4 heterocycles. The SMILES string of the molecule is Cc1cnc(Nc2cnc(C#N)cn2)cc1NC1CC2CCCC(C1)N2C. The molecule has 0 aromatic carbocycles. The fourth-order valence-electron chi connectivity index (χ4n) is 4.28. The Morgan fingerprint density at radius 3 is 2.48 bits per heavy atom. The van der Waals surface area contributed by atoms with Gasteiger partial charge in [0, 0.05) is 36.1 Å². The smallest absolute Gasteiger partial charge is 0.158 e. The van der Waals surface area contributed by atoms with E-state index in [2.05, 4.69) is 44.5 Å². The molecular formula is C20H25N7. The maximum Gasteiger partial charge on any atom is 0.158 e. The molecule has 2 bridgehead atoms. The quantitative estimate of drug-likeness (QED) is 0.862. The third kappa shape index (κ3) is 3.86. The van der Waals surface area contributed by atoms with E-state index in [4.69, 9.17) is 5.26 Å². The molecule has 2 atom stereocenters. The second kappa shape index (κ2) is 7.49. The minimum Gasteiger partial charge on any atom is -0.382 e. The molecule has 2 aromatic heterocycles. The van der Waals surface area contributed by atoms with E-state index >= 15 is 0 Å². The van der Waals surface area contributed by atoms with Crippen molar-refractivity contribution in [1.29, 1.82) is 5.26 Å². The summed E-state index contributed by atoms with van der Waals surface area (Å²) < 4.78 is 0. The number of nitrogens with zero attached hydrogens (tertiary/aromatic N) is 5. The molecule has 4 rings (SSSR count). The number of piperidine rings is 2. The highest BCUT2D eigenvalue weighted by Gasteiger charge is 2.35. The van der Waals surface area contributed by atoms with Gasteiger partial charge in [0.1, 0.15) is 17.7 Å². The lowest BCUT2D eigenvalue weighted by molar-refractivity contribution is 0.0608. The van der Waals surface area contributed by atoms with Gasteiger partial charge in [0.2, 0.25) is 0 Å². The fourth-order valence-corrected chi connectivity index (χ4v) is 4.28. The molecule has 2 aliphatic rings. The third-order valence-corrected chi connectivity index (χ3v) is 5.83.